The van der Waals surface area contributed by atoms with E-state index in [0.717, 1.165) is 68.1 Å². The van der Waals surface area contributed by atoms with Crippen LogP contribution in [0.4, 0.5) is 4.39 Å². The average Bonchev–Trinajstić information content (AvgIpc) is 3.22. The molecule has 4 nitrogen and oxygen atoms in total. The molecule has 3 heterocycles. The number of thiazole rings is 1. The number of halogens is 1. The van der Waals surface area contributed by atoms with Crippen LogP contribution in [0.1, 0.15) is 49.4 Å². The maximum Gasteiger partial charge on any atom is 0.229 e. The number of hydrogen-bond donors (Lipinski definition) is 0. The van der Waals surface area contributed by atoms with E-state index in [-0.39, 0.29) is 17.3 Å². The molecule has 0 bridgehead atoms. The van der Waals surface area contributed by atoms with Gasteiger partial charge in [0.2, 0.25) is 5.91 Å². The number of amides is 1. The fraction of sp³-hybridized carbons (Fsp3) is 0.583. The number of aromatic nitrogens is 1. The van der Waals surface area contributed by atoms with Crippen molar-refractivity contribution >= 4 is 17.2 Å². The molecule has 2 fully saturated rings. The van der Waals surface area contributed by atoms with Gasteiger partial charge in [-0.1, -0.05) is 26.0 Å². The molecule has 4 rings (SSSR count). The lowest BCUT2D eigenvalue weighted by Crippen LogP contribution is -2.45. The number of carbonyl (C=O) groups excluding carboxylic acids is 1. The van der Waals surface area contributed by atoms with E-state index >= 15 is 0 Å². The first-order valence-corrected chi connectivity index (χ1v) is 11.9. The van der Waals surface area contributed by atoms with Crippen molar-refractivity contribution in [1.29, 1.82) is 0 Å². The topological polar surface area (TPSA) is 36.4 Å². The number of benzene rings is 1. The quantitative estimate of drug-likeness (QED) is 0.669. The molecule has 2 aliphatic rings. The number of aryl methyl sites for hydroxylation is 1. The normalized spacial score (nSPS) is 21.8. The van der Waals surface area contributed by atoms with Gasteiger partial charge < -0.3 is 4.90 Å². The minimum atomic E-state index is -0.228. The Labute approximate surface area is 183 Å². The molecule has 162 valence electrons. The highest BCUT2D eigenvalue weighted by Crippen LogP contribution is 2.45. The molecule has 1 aromatic carbocycles. The van der Waals surface area contributed by atoms with E-state index < -0.39 is 0 Å². The van der Waals surface area contributed by atoms with Gasteiger partial charge in [0.15, 0.2) is 0 Å². The van der Waals surface area contributed by atoms with Gasteiger partial charge in [-0.3, -0.25) is 9.69 Å². The van der Waals surface area contributed by atoms with Gasteiger partial charge in [-0.05, 0) is 69.3 Å². The van der Waals surface area contributed by atoms with Crippen LogP contribution in [-0.2, 0) is 17.8 Å². The van der Waals surface area contributed by atoms with Crippen LogP contribution >= 0.6 is 11.3 Å². The predicted octanol–water partition coefficient (Wildman–Crippen LogP) is 4.67. The molecule has 1 aromatic heterocycles. The Bertz CT molecular complexity index is 871. The van der Waals surface area contributed by atoms with Gasteiger partial charge in [0.25, 0.3) is 0 Å². The monoisotopic (exact) mass is 429 g/mol. The van der Waals surface area contributed by atoms with E-state index in [4.69, 9.17) is 0 Å². The van der Waals surface area contributed by atoms with Gasteiger partial charge in [0, 0.05) is 24.5 Å². The highest BCUT2D eigenvalue weighted by atomic mass is 32.1. The summed E-state index contributed by atoms with van der Waals surface area (Å²) < 4.78 is 13.3. The number of likely N-dealkylation sites (tertiary alicyclic amines) is 2. The Kier molecular flexibility index (Phi) is 6.26. The van der Waals surface area contributed by atoms with Crippen LogP contribution in [0, 0.1) is 24.1 Å². The minimum absolute atomic E-state index is 0.207. The summed E-state index contributed by atoms with van der Waals surface area (Å²) in [7, 11) is 0. The zero-order chi connectivity index (χ0) is 21.3. The molecule has 1 spiro atoms. The molecule has 1 amide bonds. The van der Waals surface area contributed by atoms with Gasteiger partial charge in [0.05, 0.1) is 16.1 Å². The molecule has 2 aromatic rings. The Morgan fingerprint density at radius 2 is 1.93 bits per heavy atom. The number of rotatable bonds is 6. The standard InChI is InChI=1S/C24H32FN3OS/c1-17(2)14-28-22(12-19-4-6-20(25)7-5-19)13-24(23(28)29)8-10-27(11-9-24)15-21-16-30-18(3)26-21/h4-7,16-17,22H,8-15H2,1-3H3. The largest absolute Gasteiger partial charge is 0.339 e. The lowest BCUT2D eigenvalue weighted by atomic mass is 9.75. The summed E-state index contributed by atoms with van der Waals surface area (Å²) in [5.41, 5.74) is 2.02. The first-order valence-electron chi connectivity index (χ1n) is 11.0. The molecule has 6 heteroatoms. The van der Waals surface area contributed by atoms with Gasteiger partial charge in [-0.15, -0.1) is 11.3 Å². The summed E-state index contributed by atoms with van der Waals surface area (Å²) in [6, 6.07) is 6.96. The number of piperidine rings is 1. The van der Waals surface area contributed by atoms with Gasteiger partial charge >= 0.3 is 0 Å². The predicted molar refractivity (Wildman–Crippen MR) is 119 cm³/mol. The lowest BCUT2D eigenvalue weighted by molar-refractivity contribution is -0.139. The van der Waals surface area contributed by atoms with Crippen molar-refractivity contribution in [2.45, 2.75) is 59.0 Å². The van der Waals surface area contributed by atoms with E-state index in [1.54, 1.807) is 11.3 Å². The Balaban J connectivity index is 1.45. The summed E-state index contributed by atoms with van der Waals surface area (Å²) in [4.78, 5) is 22.7. The summed E-state index contributed by atoms with van der Waals surface area (Å²) in [6.45, 7) is 9.96. The van der Waals surface area contributed by atoms with E-state index in [1.807, 2.05) is 19.1 Å². The van der Waals surface area contributed by atoms with Crippen molar-refractivity contribution in [1.82, 2.24) is 14.8 Å². The van der Waals surface area contributed by atoms with Crippen LogP contribution in [0.3, 0.4) is 0 Å². The van der Waals surface area contributed by atoms with E-state index in [9.17, 15) is 9.18 Å². The number of hydrogen-bond acceptors (Lipinski definition) is 4. The van der Waals surface area contributed by atoms with Crippen LogP contribution in [-0.4, -0.2) is 46.4 Å². The number of carbonyl (C=O) groups is 1. The van der Waals surface area contributed by atoms with Crippen LogP contribution in [0.15, 0.2) is 29.6 Å². The van der Waals surface area contributed by atoms with E-state index in [0.29, 0.717) is 11.8 Å². The highest BCUT2D eigenvalue weighted by Gasteiger charge is 2.52. The molecule has 0 radical (unpaired) electrons. The third-order valence-corrected chi connectivity index (χ3v) is 7.42. The Morgan fingerprint density at radius 1 is 1.23 bits per heavy atom. The summed E-state index contributed by atoms with van der Waals surface area (Å²) in [6.07, 6.45) is 3.56. The van der Waals surface area contributed by atoms with Crippen LogP contribution < -0.4 is 0 Å². The van der Waals surface area contributed by atoms with E-state index in [1.165, 1.54) is 12.1 Å². The molecule has 0 aliphatic carbocycles. The molecule has 2 aliphatic heterocycles. The highest BCUT2D eigenvalue weighted by molar-refractivity contribution is 7.09. The summed E-state index contributed by atoms with van der Waals surface area (Å²) >= 11 is 1.70. The molecular weight excluding hydrogens is 397 g/mol. The van der Waals surface area contributed by atoms with Gasteiger partial charge in [-0.2, -0.15) is 0 Å². The smallest absolute Gasteiger partial charge is 0.229 e. The maximum atomic E-state index is 13.6. The van der Waals surface area contributed by atoms with Crippen molar-refractivity contribution in [3.05, 3.63) is 51.7 Å². The van der Waals surface area contributed by atoms with Crippen molar-refractivity contribution in [3.8, 4) is 0 Å². The van der Waals surface area contributed by atoms with Gasteiger partial charge in [-0.25, -0.2) is 9.37 Å². The van der Waals surface area contributed by atoms with Crippen molar-refractivity contribution in [2.24, 2.45) is 11.3 Å². The fourth-order valence-electron chi connectivity index (χ4n) is 5.09. The van der Waals surface area contributed by atoms with Crippen LogP contribution in [0.25, 0.3) is 0 Å². The SMILES string of the molecule is Cc1nc(CN2CCC3(CC2)CC(Cc2ccc(F)cc2)N(CC(C)C)C3=O)cs1. The van der Waals surface area contributed by atoms with Crippen molar-refractivity contribution in [3.63, 3.8) is 0 Å². The second-order valence-electron chi connectivity index (χ2n) is 9.45. The van der Waals surface area contributed by atoms with Gasteiger partial charge in [0.1, 0.15) is 5.82 Å². The fourth-order valence-corrected chi connectivity index (χ4v) is 5.69. The van der Waals surface area contributed by atoms with Crippen LogP contribution in [0.2, 0.25) is 0 Å². The zero-order valence-corrected chi connectivity index (χ0v) is 19.1. The second-order valence-corrected chi connectivity index (χ2v) is 10.5. The molecular formula is C24H32FN3OS. The third kappa shape index (κ3) is 4.59. The molecule has 30 heavy (non-hydrogen) atoms. The molecule has 1 unspecified atom stereocenters. The lowest BCUT2D eigenvalue weighted by Gasteiger charge is -2.37. The number of nitrogens with zero attached hydrogens (tertiary/aromatic N) is 3. The first-order chi connectivity index (χ1) is 14.3. The van der Waals surface area contributed by atoms with Crippen LogP contribution in [0.5, 0.6) is 0 Å². The summed E-state index contributed by atoms with van der Waals surface area (Å²) in [5, 5.41) is 3.25. The zero-order valence-electron chi connectivity index (χ0n) is 18.2. The Morgan fingerprint density at radius 3 is 2.53 bits per heavy atom. The average molecular weight is 430 g/mol. The Hall–Kier alpha value is -1.79. The molecule has 2 saturated heterocycles. The first kappa shape index (κ1) is 21.4. The maximum absolute atomic E-state index is 13.6. The van der Waals surface area contributed by atoms with Crippen molar-refractivity contribution in [2.75, 3.05) is 19.6 Å². The molecule has 1 atom stereocenters. The van der Waals surface area contributed by atoms with Crippen molar-refractivity contribution < 1.29 is 9.18 Å². The summed E-state index contributed by atoms with van der Waals surface area (Å²) in [5.74, 6) is 0.569. The third-order valence-electron chi connectivity index (χ3n) is 6.59. The second kappa shape index (κ2) is 8.75. The van der Waals surface area contributed by atoms with E-state index in [2.05, 4.69) is 34.0 Å². The molecule has 0 N–H and O–H groups in total. The minimum Gasteiger partial charge on any atom is -0.339 e. The molecule has 0 saturated carbocycles.